The second kappa shape index (κ2) is 3.37. The molecule has 1 aromatic heterocycles. The van der Waals surface area contributed by atoms with E-state index in [2.05, 4.69) is 4.98 Å². The number of anilines is 2. The van der Waals surface area contributed by atoms with Crippen LogP contribution in [0.2, 0.25) is 0 Å². The van der Waals surface area contributed by atoms with Gasteiger partial charge in [0.2, 0.25) is 0 Å². The van der Waals surface area contributed by atoms with Crippen molar-refractivity contribution in [2.24, 2.45) is 0 Å². The average molecular weight is 233 g/mol. The number of rotatable bonds is 1. The maximum Gasteiger partial charge on any atom is 0.298 e. The molecule has 1 saturated heterocycles. The minimum absolute atomic E-state index is 0.551. The number of fused-ring (bicyclic) bond motifs is 1. The molecular weight excluding hydrogens is 218 g/mol. The molecule has 1 unspecified atom stereocenters. The van der Waals surface area contributed by atoms with Crippen molar-refractivity contribution in [1.82, 2.24) is 4.98 Å². The molecule has 0 saturated carbocycles. The van der Waals surface area contributed by atoms with E-state index in [0.717, 1.165) is 24.1 Å². The van der Waals surface area contributed by atoms with Crippen LogP contribution in [0.5, 0.6) is 0 Å². The Hall–Kier alpha value is -1.75. The van der Waals surface area contributed by atoms with E-state index in [-0.39, 0.29) is 0 Å². The van der Waals surface area contributed by atoms with E-state index >= 15 is 0 Å². The van der Waals surface area contributed by atoms with Crippen molar-refractivity contribution in [3.05, 3.63) is 18.2 Å². The van der Waals surface area contributed by atoms with E-state index in [1.807, 2.05) is 17.9 Å². The van der Waals surface area contributed by atoms with Gasteiger partial charge in [0.1, 0.15) is 5.52 Å². The lowest BCUT2D eigenvalue weighted by atomic mass is 10.1. The Morgan fingerprint density at radius 3 is 3.06 bits per heavy atom. The molecule has 17 heavy (non-hydrogen) atoms. The molecular formula is C12H15N3O2. The molecule has 5 nitrogen and oxygen atoms in total. The predicted octanol–water partition coefficient (Wildman–Crippen LogP) is 1.37. The molecule has 0 radical (unpaired) electrons. The smallest absolute Gasteiger partial charge is 0.298 e. The van der Waals surface area contributed by atoms with Crippen molar-refractivity contribution in [2.45, 2.75) is 18.9 Å². The zero-order valence-electron chi connectivity index (χ0n) is 9.68. The summed E-state index contributed by atoms with van der Waals surface area (Å²) in [5.74, 6) is 0. The predicted molar refractivity (Wildman–Crippen MR) is 65.9 cm³/mol. The van der Waals surface area contributed by atoms with Crippen molar-refractivity contribution in [3.8, 4) is 0 Å². The summed E-state index contributed by atoms with van der Waals surface area (Å²) < 4.78 is 5.65. The second-order valence-electron chi connectivity index (χ2n) is 4.89. The average Bonchev–Trinajstić information content (AvgIpc) is 2.80. The molecule has 5 heteroatoms. The Labute approximate surface area is 98.8 Å². The van der Waals surface area contributed by atoms with Crippen LogP contribution in [0.15, 0.2) is 22.6 Å². The van der Waals surface area contributed by atoms with E-state index in [1.54, 1.807) is 12.1 Å². The van der Waals surface area contributed by atoms with Gasteiger partial charge in [-0.2, -0.15) is 4.98 Å². The molecule has 1 aliphatic heterocycles. The fraction of sp³-hybridized carbons (Fsp3) is 0.417. The minimum atomic E-state index is -0.653. The monoisotopic (exact) mass is 233 g/mol. The lowest BCUT2D eigenvalue weighted by Crippen LogP contribution is -2.29. The van der Waals surface area contributed by atoms with Crippen molar-refractivity contribution in [2.75, 3.05) is 23.7 Å². The van der Waals surface area contributed by atoms with Gasteiger partial charge in [-0.25, -0.2) is 0 Å². The number of nitrogens with two attached hydrogens (primary N) is 1. The fourth-order valence-corrected chi connectivity index (χ4v) is 2.18. The minimum Gasteiger partial charge on any atom is -0.423 e. The summed E-state index contributed by atoms with van der Waals surface area (Å²) in [5, 5.41) is 9.91. The molecule has 90 valence electrons. The topological polar surface area (TPSA) is 75.5 Å². The Bertz CT molecular complexity index is 562. The highest BCUT2D eigenvalue weighted by Crippen LogP contribution is 2.29. The Morgan fingerprint density at radius 1 is 1.53 bits per heavy atom. The van der Waals surface area contributed by atoms with Crippen LogP contribution in [0.4, 0.5) is 11.7 Å². The molecule has 3 rings (SSSR count). The summed E-state index contributed by atoms with van der Waals surface area (Å²) in [4.78, 5) is 6.34. The molecule has 0 aliphatic carbocycles. The van der Waals surface area contributed by atoms with E-state index in [9.17, 15) is 5.11 Å². The largest absolute Gasteiger partial charge is 0.423 e. The number of β-amino-alcohol motifs (C(OH)–C–C–N with tert-alkyl or cyclic N) is 1. The molecule has 3 N–H and O–H groups in total. The van der Waals surface area contributed by atoms with Gasteiger partial charge in [-0.05, 0) is 31.5 Å². The molecule has 1 aromatic carbocycles. The SMILES string of the molecule is CC1(O)CCN(c2nc3cc(N)ccc3o2)C1. The Kier molecular flexibility index (Phi) is 2.06. The van der Waals surface area contributed by atoms with Crippen LogP contribution >= 0.6 is 0 Å². The highest BCUT2D eigenvalue weighted by Gasteiger charge is 2.33. The van der Waals surface area contributed by atoms with E-state index < -0.39 is 5.60 Å². The third-order valence-corrected chi connectivity index (χ3v) is 3.12. The van der Waals surface area contributed by atoms with Gasteiger partial charge < -0.3 is 20.2 Å². The molecule has 0 amide bonds. The van der Waals surface area contributed by atoms with Gasteiger partial charge in [-0.15, -0.1) is 0 Å². The van der Waals surface area contributed by atoms with Gasteiger partial charge in [0.15, 0.2) is 5.58 Å². The third-order valence-electron chi connectivity index (χ3n) is 3.12. The van der Waals surface area contributed by atoms with Crippen molar-refractivity contribution >= 4 is 22.8 Å². The summed E-state index contributed by atoms with van der Waals surface area (Å²) in [7, 11) is 0. The molecule has 1 atom stereocenters. The fourth-order valence-electron chi connectivity index (χ4n) is 2.18. The van der Waals surface area contributed by atoms with Gasteiger partial charge in [-0.3, -0.25) is 0 Å². The van der Waals surface area contributed by atoms with Crippen LogP contribution in [0.1, 0.15) is 13.3 Å². The van der Waals surface area contributed by atoms with Gasteiger partial charge >= 0.3 is 0 Å². The first kappa shape index (κ1) is 10.4. The van der Waals surface area contributed by atoms with Crippen molar-refractivity contribution in [1.29, 1.82) is 0 Å². The van der Waals surface area contributed by atoms with Gasteiger partial charge in [0, 0.05) is 12.2 Å². The van der Waals surface area contributed by atoms with E-state index in [4.69, 9.17) is 10.2 Å². The third kappa shape index (κ3) is 1.82. The molecule has 2 heterocycles. The summed E-state index contributed by atoms with van der Waals surface area (Å²) in [6, 6.07) is 5.95. The molecule has 2 aromatic rings. The van der Waals surface area contributed by atoms with E-state index in [0.29, 0.717) is 18.2 Å². The van der Waals surface area contributed by atoms with Crippen LogP contribution < -0.4 is 10.6 Å². The molecule has 1 aliphatic rings. The van der Waals surface area contributed by atoms with Gasteiger partial charge in [-0.1, -0.05) is 0 Å². The van der Waals surface area contributed by atoms with E-state index in [1.165, 1.54) is 0 Å². The summed E-state index contributed by atoms with van der Waals surface area (Å²) >= 11 is 0. The first-order valence-electron chi connectivity index (χ1n) is 5.67. The van der Waals surface area contributed by atoms with Crippen molar-refractivity contribution in [3.63, 3.8) is 0 Å². The van der Waals surface area contributed by atoms with Crippen molar-refractivity contribution < 1.29 is 9.52 Å². The van der Waals surface area contributed by atoms with Crippen LogP contribution in [-0.4, -0.2) is 28.8 Å². The molecule has 0 spiro atoms. The number of benzene rings is 1. The van der Waals surface area contributed by atoms with Gasteiger partial charge in [0.05, 0.1) is 12.1 Å². The first-order valence-corrected chi connectivity index (χ1v) is 5.67. The number of aromatic nitrogens is 1. The Balaban J connectivity index is 1.96. The summed E-state index contributed by atoms with van der Waals surface area (Å²) in [5.41, 5.74) is 7.19. The number of nitrogen functional groups attached to an aromatic ring is 1. The number of hydrogen-bond donors (Lipinski definition) is 2. The lowest BCUT2D eigenvalue weighted by Gasteiger charge is -2.16. The number of hydrogen-bond acceptors (Lipinski definition) is 5. The molecule has 1 fully saturated rings. The normalized spacial score (nSPS) is 24.7. The maximum absolute atomic E-state index is 9.91. The number of nitrogens with zero attached hydrogens (tertiary/aromatic N) is 2. The van der Waals surface area contributed by atoms with Crippen LogP contribution in [0.25, 0.3) is 11.1 Å². The summed E-state index contributed by atoms with van der Waals surface area (Å²) in [6.07, 6.45) is 0.730. The van der Waals surface area contributed by atoms with Gasteiger partial charge in [0.25, 0.3) is 6.01 Å². The van der Waals surface area contributed by atoms with Crippen LogP contribution in [0.3, 0.4) is 0 Å². The molecule has 0 bridgehead atoms. The summed E-state index contributed by atoms with van der Waals surface area (Å²) in [6.45, 7) is 3.14. The number of oxazole rings is 1. The lowest BCUT2D eigenvalue weighted by molar-refractivity contribution is 0.0836. The second-order valence-corrected chi connectivity index (χ2v) is 4.89. The number of aliphatic hydroxyl groups is 1. The first-order chi connectivity index (χ1) is 8.03. The quantitative estimate of drug-likeness (QED) is 0.727. The maximum atomic E-state index is 9.91. The zero-order valence-corrected chi connectivity index (χ0v) is 9.68. The van der Waals surface area contributed by atoms with Crippen LogP contribution in [0, 0.1) is 0 Å². The van der Waals surface area contributed by atoms with Crippen LogP contribution in [-0.2, 0) is 0 Å². The Morgan fingerprint density at radius 2 is 2.35 bits per heavy atom. The highest BCUT2D eigenvalue weighted by atomic mass is 16.4. The zero-order chi connectivity index (χ0) is 12.0. The standard InChI is InChI=1S/C12H15N3O2/c1-12(16)4-5-15(7-12)11-14-9-6-8(13)2-3-10(9)17-11/h2-3,6,16H,4-5,7,13H2,1H3. The highest BCUT2D eigenvalue weighted by molar-refractivity contribution is 5.78.